The van der Waals surface area contributed by atoms with Gasteiger partial charge in [0.2, 0.25) is 0 Å². The Kier molecular flexibility index (Phi) is 2.87. The molecule has 0 aromatic carbocycles. The third-order valence-electron chi connectivity index (χ3n) is 2.37. The van der Waals surface area contributed by atoms with Crippen molar-refractivity contribution in [2.75, 3.05) is 20.3 Å². The first kappa shape index (κ1) is 9.26. The van der Waals surface area contributed by atoms with Crippen LogP contribution in [0.25, 0.3) is 0 Å². The van der Waals surface area contributed by atoms with Gasteiger partial charge in [-0.2, -0.15) is 0 Å². The molecule has 1 saturated heterocycles. The Balaban J connectivity index is 2.72. The molecule has 0 aromatic rings. The lowest BCUT2D eigenvalue weighted by Crippen LogP contribution is -2.36. The van der Waals surface area contributed by atoms with Crippen molar-refractivity contribution in [2.24, 2.45) is 5.41 Å². The van der Waals surface area contributed by atoms with Gasteiger partial charge in [-0.25, -0.2) is 0 Å². The van der Waals surface area contributed by atoms with Gasteiger partial charge in [-0.15, -0.1) is 6.58 Å². The number of ether oxygens (including phenoxy) is 2. The smallest absolute Gasteiger partial charge is 0.315 e. The van der Waals surface area contributed by atoms with E-state index in [9.17, 15) is 4.79 Å². The number of rotatable bonds is 2. The van der Waals surface area contributed by atoms with Crippen LogP contribution in [0, 0.1) is 5.41 Å². The fourth-order valence-corrected chi connectivity index (χ4v) is 1.43. The molecule has 0 aromatic heterocycles. The molecule has 68 valence electrons. The fourth-order valence-electron chi connectivity index (χ4n) is 1.43. The van der Waals surface area contributed by atoms with Crippen LogP contribution < -0.4 is 0 Å². The first-order chi connectivity index (χ1) is 5.75. The van der Waals surface area contributed by atoms with Gasteiger partial charge in [0.05, 0.1) is 12.5 Å². The third-order valence-corrected chi connectivity index (χ3v) is 2.37. The van der Waals surface area contributed by atoms with E-state index in [0.717, 1.165) is 0 Å². The van der Waals surface area contributed by atoms with Gasteiger partial charge in [-0.05, 0) is 12.8 Å². The molecule has 0 atom stereocenters. The highest BCUT2D eigenvalue weighted by atomic mass is 16.5. The molecular weight excluding hydrogens is 156 g/mol. The van der Waals surface area contributed by atoms with Crippen LogP contribution in [-0.2, 0) is 14.3 Å². The van der Waals surface area contributed by atoms with Crippen LogP contribution >= 0.6 is 0 Å². The van der Waals surface area contributed by atoms with Crippen LogP contribution in [-0.4, -0.2) is 26.3 Å². The second-order valence-corrected chi connectivity index (χ2v) is 2.96. The molecule has 0 amide bonds. The molecule has 0 N–H and O–H groups in total. The minimum atomic E-state index is -0.493. The lowest BCUT2D eigenvalue weighted by molar-refractivity contribution is -0.154. The largest absolute Gasteiger partial charge is 0.468 e. The predicted molar refractivity (Wildman–Crippen MR) is 44.7 cm³/mol. The molecule has 0 spiro atoms. The SMILES string of the molecule is C=CC1(C(=O)OC)CCOCC1. The Hall–Kier alpha value is -0.830. The molecule has 1 aliphatic rings. The van der Waals surface area contributed by atoms with Crippen molar-refractivity contribution in [3.63, 3.8) is 0 Å². The summed E-state index contributed by atoms with van der Waals surface area (Å²) >= 11 is 0. The Bertz CT molecular complexity index is 180. The summed E-state index contributed by atoms with van der Waals surface area (Å²) in [4.78, 5) is 11.4. The van der Waals surface area contributed by atoms with Crippen LogP contribution in [0.5, 0.6) is 0 Å². The summed E-state index contributed by atoms with van der Waals surface area (Å²) in [5.74, 6) is -0.194. The molecule has 0 unspecified atom stereocenters. The van der Waals surface area contributed by atoms with Crippen LogP contribution in [0.4, 0.5) is 0 Å². The Morgan fingerprint density at radius 2 is 2.17 bits per heavy atom. The standard InChI is InChI=1S/C9H14O3/c1-3-9(8(10)11-2)4-6-12-7-5-9/h3H,1,4-7H2,2H3. The summed E-state index contributed by atoms with van der Waals surface area (Å²) in [7, 11) is 1.41. The average Bonchev–Trinajstić information content (AvgIpc) is 2.17. The van der Waals surface area contributed by atoms with E-state index >= 15 is 0 Å². The Morgan fingerprint density at radius 1 is 1.58 bits per heavy atom. The van der Waals surface area contributed by atoms with Crippen molar-refractivity contribution in [2.45, 2.75) is 12.8 Å². The summed E-state index contributed by atoms with van der Waals surface area (Å²) in [5.41, 5.74) is -0.493. The molecular formula is C9H14O3. The van der Waals surface area contributed by atoms with Gasteiger partial charge >= 0.3 is 5.97 Å². The highest BCUT2D eigenvalue weighted by Gasteiger charge is 2.37. The topological polar surface area (TPSA) is 35.5 Å². The van der Waals surface area contributed by atoms with Crippen LogP contribution in [0.2, 0.25) is 0 Å². The maximum Gasteiger partial charge on any atom is 0.315 e. The molecule has 3 heteroatoms. The van der Waals surface area contributed by atoms with Gasteiger partial charge in [0.15, 0.2) is 0 Å². The van der Waals surface area contributed by atoms with Crippen molar-refractivity contribution in [3.8, 4) is 0 Å². The van der Waals surface area contributed by atoms with Crippen molar-refractivity contribution in [3.05, 3.63) is 12.7 Å². The maximum absolute atomic E-state index is 11.4. The van der Waals surface area contributed by atoms with Gasteiger partial charge in [0.1, 0.15) is 0 Å². The van der Waals surface area contributed by atoms with Crippen LogP contribution in [0.3, 0.4) is 0 Å². The van der Waals surface area contributed by atoms with E-state index in [0.29, 0.717) is 26.1 Å². The van der Waals surface area contributed by atoms with E-state index in [2.05, 4.69) is 6.58 Å². The molecule has 0 aliphatic carbocycles. The van der Waals surface area contributed by atoms with E-state index in [1.807, 2.05) is 0 Å². The lowest BCUT2D eigenvalue weighted by Gasteiger charge is -2.31. The summed E-state index contributed by atoms with van der Waals surface area (Å²) in [6, 6.07) is 0. The summed E-state index contributed by atoms with van der Waals surface area (Å²) in [5, 5.41) is 0. The molecule has 1 fully saturated rings. The number of carbonyl (C=O) groups is 1. The van der Waals surface area contributed by atoms with Crippen LogP contribution in [0.15, 0.2) is 12.7 Å². The molecule has 0 bridgehead atoms. The zero-order chi connectivity index (χ0) is 9.03. The van der Waals surface area contributed by atoms with Gasteiger partial charge in [-0.1, -0.05) is 6.08 Å². The third kappa shape index (κ3) is 1.50. The zero-order valence-corrected chi connectivity index (χ0v) is 7.34. The molecule has 1 rings (SSSR count). The second kappa shape index (κ2) is 3.72. The zero-order valence-electron chi connectivity index (χ0n) is 7.34. The molecule has 1 heterocycles. The van der Waals surface area contributed by atoms with Crippen molar-refractivity contribution >= 4 is 5.97 Å². The summed E-state index contributed by atoms with van der Waals surface area (Å²) < 4.78 is 9.88. The first-order valence-corrected chi connectivity index (χ1v) is 4.05. The monoisotopic (exact) mass is 170 g/mol. The quantitative estimate of drug-likeness (QED) is 0.460. The second-order valence-electron chi connectivity index (χ2n) is 2.96. The van der Waals surface area contributed by atoms with E-state index in [4.69, 9.17) is 9.47 Å². The van der Waals surface area contributed by atoms with Crippen LogP contribution in [0.1, 0.15) is 12.8 Å². The van der Waals surface area contributed by atoms with Crippen molar-refractivity contribution in [1.29, 1.82) is 0 Å². The molecule has 0 radical (unpaired) electrons. The van der Waals surface area contributed by atoms with Gasteiger partial charge in [-0.3, -0.25) is 4.79 Å². The lowest BCUT2D eigenvalue weighted by atomic mass is 9.80. The average molecular weight is 170 g/mol. The highest BCUT2D eigenvalue weighted by Crippen LogP contribution is 2.32. The summed E-state index contributed by atoms with van der Waals surface area (Å²) in [6.45, 7) is 4.89. The molecule has 1 aliphatic heterocycles. The number of esters is 1. The predicted octanol–water partition coefficient (Wildman–Crippen LogP) is 1.14. The maximum atomic E-state index is 11.4. The van der Waals surface area contributed by atoms with E-state index in [1.54, 1.807) is 6.08 Å². The van der Waals surface area contributed by atoms with Crippen molar-refractivity contribution in [1.82, 2.24) is 0 Å². The Morgan fingerprint density at radius 3 is 2.58 bits per heavy atom. The Labute approximate surface area is 72.4 Å². The molecule has 0 saturated carbocycles. The van der Waals surface area contributed by atoms with E-state index in [1.165, 1.54) is 7.11 Å². The minimum Gasteiger partial charge on any atom is -0.468 e. The first-order valence-electron chi connectivity index (χ1n) is 4.05. The minimum absolute atomic E-state index is 0.194. The summed E-state index contributed by atoms with van der Waals surface area (Å²) in [6.07, 6.45) is 3.05. The van der Waals surface area contributed by atoms with Crippen molar-refractivity contribution < 1.29 is 14.3 Å². The number of carbonyl (C=O) groups excluding carboxylic acids is 1. The van der Waals surface area contributed by atoms with Gasteiger partial charge < -0.3 is 9.47 Å². The molecule has 3 nitrogen and oxygen atoms in total. The molecule has 12 heavy (non-hydrogen) atoms. The fraction of sp³-hybridized carbons (Fsp3) is 0.667. The number of hydrogen-bond acceptors (Lipinski definition) is 3. The normalized spacial score (nSPS) is 21.4. The number of methoxy groups -OCH3 is 1. The number of hydrogen-bond donors (Lipinski definition) is 0. The van der Waals surface area contributed by atoms with E-state index < -0.39 is 5.41 Å². The van der Waals surface area contributed by atoms with Gasteiger partial charge in [0, 0.05) is 13.2 Å². The van der Waals surface area contributed by atoms with Gasteiger partial charge in [0.25, 0.3) is 0 Å². The van der Waals surface area contributed by atoms with E-state index in [-0.39, 0.29) is 5.97 Å². The highest BCUT2D eigenvalue weighted by molar-refractivity contribution is 5.79.